The van der Waals surface area contributed by atoms with Gasteiger partial charge < -0.3 is 26.4 Å². The second kappa shape index (κ2) is 10.2. The molecule has 7 heteroatoms. The minimum atomic E-state index is -0.497. The molecule has 4 aliphatic rings. The first-order chi connectivity index (χ1) is 17.9. The van der Waals surface area contributed by atoms with Gasteiger partial charge in [0.25, 0.3) is 0 Å². The molecular formula is C31H46N2O5. The average molecular weight is 527 g/mol. The molecule has 1 aromatic carbocycles. The minimum absolute atomic E-state index is 0.0613. The molecule has 4 saturated carbocycles. The zero-order chi connectivity index (χ0) is 27.4. The molecule has 0 spiro atoms. The molecule has 11 unspecified atom stereocenters. The molecule has 7 nitrogen and oxygen atoms in total. The molecule has 38 heavy (non-hydrogen) atoms. The number of aliphatic hydroxyl groups excluding tert-OH is 3. The Labute approximate surface area is 226 Å². The normalized spacial score (nSPS) is 42.9. The van der Waals surface area contributed by atoms with Crippen LogP contribution in [0.25, 0.3) is 0 Å². The van der Waals surface area contributed by atoms with Crippen molar-refractivity contribution in [2.45, 2.75) is 96.9 Å². The number of aliphatic hydroxyl groups is 3. The monoisotopic (exact) mass is 526 g/mol. The van der Waals surface area contributed by atoms with Crippen molar-refractivity contribution in [2.75, 3.05) is 5.32 Å². The summed E-state index contributed by atoms with van der Waals surface area (Å²) in [6, 6.07) is 6.59. The summed E-state index contributed by atoms with van der Waals surface area (Å²) in [6.07, 6.45) is 6.16. The van der Waals surface area contributed by atoms with E-state index in [9.17, 15) is 24.9 Å². The number of hydrogen-bond donors (Lipinski definition) is 5. The number of hydrogen-bond acceptors (Lipinski definition) is 5. The van der Waals surface area contributed by atoms with Crippen molar-refractivity contribution in [1.29, 1.82) is 0 Å². The summed E-state index contributed by atoms with van der Waals surface area (Å²) in [5.41, 5.74) is 6.14. The van der Waals surface area contributed by atoms with Gasteiger partial charge in [-0.1, -0.05) is 20.8 Å². The van der Waals surface area contributed by atoms with Gasteiger partial charge in [-0.3, -0.25) is 9.59 Å². The summed E-state index contributed by atoms with van der Waals surface area (Å²) < 4.78 is 0. The van der Waals surface area contributed by atoms with Crippen LogP contribution < -0.4 is 11.1 Å². The SMILES string of the molecule is CC(CCC(=O)Nc1ccc(C(N)=O)cc1)C1CCC2C3C(O)CC4CC(O)CCC4(C)C3CC(O)C12C. The average Bonchev–Trinajstić information content (AvgIpc) is 3.23. The maximum atomic E-state index is 12.7. The molecule has 5 rings (SSSR count). The Kier molecular flexibility index (Phi) is 7.42. The van der Waals surface area contributed by atoms with E-state index in [1.165, 1.54) is 0 Å². The van der Waals surface area contributed by atoms with Crippen molar-refractivity contribution >= 4 is 17.5 Å². The highest BCUT2D eigenvalue weighted by Gasteiger charge is 2.65. The highest BCUT2D eigenvalue weighted by molar-refractivity contribution is 5.94. The lowest BCUT2D eigenvalue weighted by atomic mass is 9.43. The maximum absolute atomic E-state index is 12.7. The standard InChI is InChI=1S/C31H46N2O5/c1-17(4-11-27(37)33-20-7-5-18(6-8-20)29(32)38)22-9-10-23-28-24(16-26(36)31(22,23)3)30(2)13-12-21(34)14-19(30)15-25(28)35/h5-8,17,19,21-26,28,34-36H,4,9-16H2,1-3H3,(H2,32,38)(H,33,37). The molecule has 4 fully saturated rings. The molecule has 2 amide bonds. The molecule has 210 valence electrons. The first-order valence-corrected chi connectivity index (χ1v) is 14.7. The van der Waals surface area contributed by atoms with Crippen LogP contribution in [-0.2, 0) is 4.79 Å². The van der Waals surface area contributed by atoms with Gasteiger partial charge in [0.1, 0.15) is 0 Å². The molecule has 0 saturated heterocycles. The van der Waals surface area contributed by atoms with E-state index in [0.29, 0.717) is 29.5 Å². The van der Waals surface area contributed by atoms with E-state index in [1.54, 1.807) is 24.3 Å². The molecule has 0 heterocycles. The smallest absolute Gasteiger partial charge is 0.248 e. The lowest BCUT2D eigenvalue weighted by Crippen LogP contribution is -2.62. The summed E-state index contributed by atoms with van der Waals surface area (Å²) in [4.78, 5) is 24.0. The fourth-order valence-electron chi connectivity index (χ4n) is 9.63. The number of anilines is 1. The van der Waals surface area contributed by atoms with E-state index in [1.807, 2.05) is 0 Å². The van der Waals surface area contributed by atoms with E-state index < -0.39 is 12.0 Å². The third kappa shape index (κ3) is 4.58. The van der Waals surface area contributed by atoms with Crippen LogP contribution in [-0.4, -0.2) is 45.4 Å². The topological polar surface area (TPSA) is 133 Å². The van der Waals surface area contributed by atoms with E-state index in [2.05, 4.69) is 26.1 Å². The predicted octanol–water partition coefficient (Wildman–Crippen LogP) is 4.10. The number of carbonyl (C=O) groups excluding carboxylic acids is 2. The lowest BCUT2D eigenvalue weighted by Gasteiger charge is -2.63. The first-order valence-electron chi connectivity index (χ1n) is 14.7. The molecule has 0 aliphatic heterocycles. The molecule has 0 radical (unpaired) electrons. The van der Waals surface area contributed by atoms with Crippen LogP contribution in [0.1, 0.15) is 88.9 Å². The highest BCUT2D eigenvalue weighted by Crippen LogP contribution is 2.68. The third-order valence-corrected chi connectivity index (χ3v) is 11.8. The number of amides is 2. The number of benzene rings is 1. The minimum Gasteiger partial charge on any atom is -0.393 e. The third-order valence-electron chi connectivity index (χ3n) is 11.8. The van der Waals surface area contributed by atoms with Gasteiger partial charge in [0.05, 0.1) is 18.3 Å². The van der Waals surface area contributed by atoms with Crippen LogP contribution in [0.5, 0.6) is 0 Å². The Bertz CT molecular complexity index is 1050. The van der Waals surface area contributed by atoms with Crippen molar-refractivity contribution in [3.63, 3.8) is 0 Å². The van der Waals surface area contributed by atoms with Crippen molar-refractivity contribution in [2.24, 2.45) is 52.1 Å². The van der Waals surface area contributed by atoms with Gasteiger partial charge >= 0.3 is 0 Å². The molecule has 1 aromatic rings. The van der Waals surface area contributed by atoms with Crippen molar-refractivity contribution in [1.82, 2.24) is 0 Å². The molecule has 4 aliphatic carbocycles. The number of rotatable bonds is 6. The summed E-state index contributed by atoms with van der Waals surface area (Å²) in [7, 11) is 0. The number of fused-ring (bicyclic) bond motifs is 5. The van der Waals surface area contributed by atoms with E-state index in [4.69, 9.17) is 5.73 Å². The first kappa shape index (κ1) is 27.6. The summed E-state index contributed by atoms with van der Waals surface area (Å²) in [6.45, 7) is 6.82. The van der Waals surface area contributed by atoms with Gasteiger partial charge in [0.2, 0.25) is 11.8 Å². The Morgan fingerprint density at radius 2 is 1.74 bits per heavy atom. The zero-order valence-corrected chi connectivity index (χ0v) is 23.1. The van der Waals surface area contributed by atoms with Crippen LogP contribution in [0.4, 0.5) is 5.69 Å². The van der Waals surface area contributed by atoms with Crippen LogP contribution in [0, 0.1) is 46.3 Å². The Morgan fingerprint density at radius 1 is 1.03 bits per heavy atom. The second-order valence-electron chi connectivity index (χ2n) is 13.5. The number of carbonyl (C=O) groups is 2. The van der Waals surface area contributed by atoms with Gasteiger partial charge in [0.15, 0.2) is 0 Å². The molecule has 0 bridgehead atoms. The van der Waals surface area contributed by atoms with Gasteiger partial charge in [0, 0.05) is 17.7 Å². The zero-order valence-electron chi connectivity index (χ0n) is 23.1. The van der Waals surface area contributed by atoms with E-state index in [0.717, 1.165) is 51.4 Å². The van der Waals surface area contributed by atoms with Gasteiger partial charge in [-0.25, -0.2) is 0 Å². The van der Waals surface area contributed by atoms with Crippen LogP contribution >= 0.6 is 0 Å². The fourth-order valence-corrected chi connectivity index (χ4v) is 9.63. The Hall–Kier alpha value is -1.96. The summed E-state index contributed by atoms with van der Waals surface area (Å²) in [5.74, 6) is 1.10. The lowest BCUT2D eigenvalue weighted by molar-refractivity contribution is -0.207. The largest absolute Gasteiger partial charge is 0.393 e. The molecule has 11 atom stereocenters. The van der Waals surface area contributed by atoms with Crippen molar-refractivity contribution in [3.8, 4) is 0 Å². The van der Waals surface area contributed by atoms with Gasteiger partial charge in [-0.05, 0) is 122 Å². The van der Waals surface area contributed by atoms with Gasteiger partial charge in [-0.15, -0.1) is 0 Å². The van der Waals surface area contributed by atoms with Crippen LogP contribution in [0.15, 0.2) is 24.3 Å². The predicted molar refractivity (Wildman–Crippen MR) is 146 cm³/mol. The second-order valence-corrected chi connectivity index (χ2v) is 13.5. The molecule has 6 N–H and O–H groups in total. The van der Waals surface area contributed by atoms with E-state index in [-0.39, 0.29) is 52.6 Å². The quantitative estimate of drug-likeness (QED) is 0.381. The highest BCUT2D eigenvalue weighted by atomic mass is 16.3. The fraction of sp³-hybridized carbons (Fsp3) is 0.742. The number of primary amides is 1. The Morgan fingerprint density at radius 3 is 2.42 bits per heavy atom. The van der Waals surface area contributed by atoms with Gasteiger partial charge in [-0.2, -0.15) is 0 Å². The summed E-state index contributed by atoms with van der Waals surface area (Å²) >= 11 is 0. The molecule has 0 aromatic heterocycles. The van der Waals surface area contributed by atoms with Crippen molar-refractivity contribution < 1.29 is 24.9 Å². The number of nitrogens with two attached hydrogens (primary N) is 1. The molecular weight excluding hydrogens is 480 g/mol. The Balaban J connectivity index is 1.25. The summed E-state index contributed by atoms with van der Waals surface area (Å²) in [5, 5.41) is 36.4. The van der Waals surface area contributed by atoms with E-state index >= 15 is 0 Å². The maximum Gasteiger partial charge on any atom is 0.248 e. The number of nitrogens with one attached hydrogen (secondary N) is 1. The van der Waals surface area contributed by atoms with Crippen molar-refractivity contribution in [3.05, 3.63) is 29.8 Å². The van der Waals surface area contributed by atoms with Crippen LogP contribution in [0.2, 0.25) is 0 Å². The van der Waals surface area contributed by atoms with Crippen LogP contribution in [0.3, 0.4) is 0 Å².